The number of hydrogen-bond donors (Lipinski definition) is 2. The molecular weight excluding hydrogens is 585 g/mol. The van der Waals surface area contributed by atoms with E-state index in [2.05, 4.69) is 51.1 Å². The highest BCUT2D eigenvalue weighted by Crippen LogP contribution is 2.47. The average Bonchev–Trinajstić information content (AvgIpc) is 3.67. The molecule has 238 valence electrons. The number of aliphatic hydroxyl groups is 1. The van der Waals surface area contributed by atoms with E-state index in [1.54, 1.807) is 11.1 Å². The zero-order chi connectivity index (χ0) is 31.4. The second kappa shape index (κ2) is 13.9. The van der Waals surface area contributed by atoms with Crippen LogP contribution in [0.2, 0.25) is 5.02 Å². The molecule has 10 nitrogen and oxygen atoms in total. The van der Waals surface area contributed by atoms with Crippen LogP contribution in [0.15, 0.2) is 21.3 Å². The van der Waals surface area contributed by atoms with Gasteiger partial charge in [0.2, 0.25) is 5.88 Å². The Balaban J connectivity index is 1.67. The normalized spacial score (nSPS) is 22.3. The van der Waals surface area contributed by atoms with Gasteiger partial charge in [-0.25, -0.2) is 14.4 Å². The Kier molecular flexibility index (Phi) is 10.2. The molecule has 2 aromatic rings. The van der Waals surface area contributed by atoms with E-state index in [9.17, 15) is 5.11 Å². The van der Waals surface area contributed by atoms with Crippen LogP contribution in [-0.2, 0) is 4.74 Å². The molecule has 5 rings (SSSR count). The second-order valence-corrected chi connectivity index (χ2v) is 12.3. The van der Waals surface area contributed by atoms with Crippen molar-refractivity contribution < 1.29 is 19.0 Å². The standard InChI is InChI=1S/C32H43ClFN7O3/c1-6-7-14-41(19-42)30(35-3)25-28(36-18-44-17-32-11-8-10-23(32)40(4)13-9-12-32)27(34)29(38-31(25)43-5)24-21-16-37-39-22(21)15-20(2)26(24)33/h15-16,23,36,42H,3,6-14,17-19H2,1-2,4-5H3/b29-24+,30-25-. The van der Waals surface area contributed by atoms with Crippen LogP contribution in [-0.4, -0.2) is 80.0 Å². The topological polar surface area (TPSA) is 107 Å². The van der Waals surface area contributed by atoms with Crippen LogP contribution in [0, 0.1) is 28.7 Å². The SMILES string of the molecule is C=N/C(=c1/c(OC)n/c(=c2/c(Cl)c(C)cc3c2=CN=N3)c(F)c1NCOCC12CCCC1N(C)CCC2)N(CO)CCCC. The summed E-state index contributed by atoms with van der Waals surface area (Å²) in [6, 6.07) is 2.30. The Hall–Kier alpha value is -3.12. The van der Waals surface area contributed by atoms with E-state index in [0.29, 0.717) is 45.9 Å². The minimum absolute atomic E-state index is 0.0162. The van der Waals surface area contributed by atoms with E-state index in [1.807, 2.05) is 13.0 Å². The zero-order valence-electron chi connectivity index (χ0n) is 26.1. The molecule has 3 heterocycles. The Morgan fingerprint density at radius 1 is 1.36 bits per heavy atom. The fourth-order valence-electron chi connectivity index (χ4n) is 7.10. The summed E-state index contributed by atoms with van der Waals surface area (Å²) in [6.07, 6.45) is 8.98. The molecule has 2 aliphatic heterocycles. The highest BCUT2D eigenvalue weighted by Gasteiger charge is 2.46. The van der Waals surface area contributed by atoms with Gasteiger partial charge in [-0.15, -0.1) is 0 Å². The number of aryl methyl sites for hydroxylation is 1. The first-order valence-corrected chi connectivity index (χ1v) is 15.7. The first-order chi connectivity index (χ1) is 21.3. The molecule has 2 fully saturated rings. The minimum atomic E-state index is -0.664. The number of aliphatic imine (C=N–C) groups is 1. The van der Waals surface area contributed by atoms with Gasteiger partial charge in [-0.2, -0.15) is 10.2 Å². The van der Waals surface area contributed by atoms with Gasteiger partial charge < -0.3 is 29.7 Å². The summed E-state index contributed by atoms with van der Waals surface area (Å²) < 4.78 is 29.0. The number of likely N-dealkylation sites (tertiary alicyclic amines) is 1. The Morgan fingerprint density at radius 2 is 2.16 bits per heavy atom. The van der Waals surface area contributed by atoms with Crippen LogP contribution in [0.25, 0.3) is 12.0 Å². The summed E-state index contributed by atoms with van der Waals surface area (Å²) in [4.78, 5) is 13.0. The third kappa shape index (κ3) is 5.94. The number of unbranched alkanes of at least 4 members (excludes halogenated alkanes) is 1. The number of azo groups is 1. The Bertz CT molecular complexity index is 1650. The number of nitrogens with one attached hydrogen (secondary N) is 1. The number of aliphatic hydroxyl groups excluding tert-OH is 1. The summed E-state index contributed by atoms with van der Waals surface area (Å²) in [5, 5.41) is 23.2. The first kappa shape index (κ1) is 32.3. The van der Waals surface area contributed by atoms with Crippen LogP contribution >= 0.6 is 11.6 Å². The second-order valence-electron chi connectivity index (χ2n) is 12.0. The number of ether oxygens (including phenoxy) is 2. The molecule has 1 saturated heterocycles. The predicted molar refractivity (Wildman–Crippen MR) is 171 cm³/mol. The van der Waals surface area contributed by atoms with Crippen molar-refractivity contribution >= 4 is 41.7 Å². The third-order valence-corrected chi connectivity index (χ3v) is 9.78. The Morgan fingerprint density at radius 3 is 2.89 bits per heavy atom. The molecule has 2 atom stereocenters. The fraction of sp³-hybridized carbons (Fsp3) is 0.562. The van der Waals surface area contributed by atoms with Crippen molar-refractivity contribution in [2.45, 2.75) is 64.8 Å². The molecule has 1 aromatic heterocycles. The molecule has 0 radical (unpaired) electrons. The molecular formula is C32H43ClFN7O3. The van der Waals surface area contributed by atoms with Gasteiger partial charge in [0, 0.05) is 28.4 Å². The van der Waals surface area contributed by atoms with E-state index in [0.717, 1.165) is 38.6 Å². The van der Waals surface area contributed by atoms with Crippen LogP contribution < -0.4 is 20.5 Å². The molecule has 0 amide bonds. The number of pyridine rings is 1. The maximum atomic E-state index is 16.9. The molecule has 1 saturated carbocycles. The van der Waals surface area contributed by atoms with E-state index < -0.39 is 5.82 Å². The predicted octanol–water partition coefficient (Wildman–Crippen LogP) is 4.78. The number of halogens is 2. The van der Waals surface area contributed by atoms with Gasteiger partial charge in [0.1, 0.15) is 29.9 Å². The summed E-state index contributed by atoms with van der Waals surface area (Å²) >= 11 is 6.79. The van der Waals surface area contributed by atoms with E-state index in [-0.39, 0.29) is 46.8 Å². The fourth-order valence-corrected chi connectivity index (χ4v) is 7.34. The summed E-state index contributed by atoms with van der Waals surface area (Å²) in [5.41, 5.74) is 1.47. The molecule has 2 unspecified atom stereocenters. The van der Waals surface area contributed by atoms with Gasteiger partial charge in [0.05, 0.1) is 36.3 Å². The maximum Gasteiger partial charge on any atom is 0.227 e. The smallest absolute Gasteiger partial charge is 0.227 e. The number of fused-ring (bicyclic) bond motifs is 2. The number of methoxy groups -OCH3 is 1. The molecule has 0 spiro atoms. The van der Waals surface area contributed by atoms with Gasteiger partial charge in [-0.1, -0.05) is 31.4 Å². The van der Waals surface area contributed by atoms with E-state index in [1.165, 1.54) is 20.0 Å². The average molecular weight is 628 g/mol. The van der Waals surface area contributed by atoms with Gasteiger partial charge in [0.25, 0.3) is 0 Å². The lowest BCUT2D eigenvalue weighted by molar-refractivity contribution is -0.0217. The lowest BCUT2D eigenvalue weighted by Crippen LogP contribution is -2.49. The van der Waals surface area contributed by atoms with E-state index >= 15 is 4.39 Å². The summed E-state index contributed by atoms with van der Waals surface area (Å²) in [5.74, 6) is -0.315. The number of benzene rings is 1. The van der Waals surface area contributed by atoms with Gasteiger partial charge in [-0.3, -0.25) is 0 Å². The quantitative estimate of drug-likeness (QED) is 0.198. The van der Waals surface area contributed by atoms with Crippen molar-refractivity contribution in [2.24, 2.45) is 20.6 Å². The molecule has 3 aliphatic rings. The zero-order valence-corrected chi connectivity index (χ0v) is 26.9. The molecule has 2 N–H and O–H groups in total. The highest BCUT2D eigenvalue weighted by molar-refractivity contribution is 6.31. The first-order valence-electron chi connectivity index (χ1n) is 15.4. The van der Waals surface area contributed by atoms with Crippen molar-refractivity contribution in [3.05, 3.63) is 43.5 Å². The number of rotatable bonds is 12. The van der Waals surface area contributed by atoms with Crippen LogP contribution in [0.3, 0.4) is 0 Å². The highest BCUT2D eigenvalue weighted by atomic mass is 35.5. The number of nitrogens with zero attached hydrogens (tertiary/aromatic N) is 6. The Labute approximate surface area is 262 Å². The monoisotopic (exact) mass is 627 g/mol. The molecule has 0 bridgehead atoms. The third-order valence-electron chi connectivity index (χ3n) is 9.29. The lowest BCUT2D eigenvalue weighted by atomic mass is 9.76. The van der Waals surface area contributed by atoms with Crippen molar-refractivity contribution in [1.29, 1.82) is 0 Å². The number of piperidine rings is 1. The summed E-state index contributed by atoms with van der Waals surface area (Å²) in [6.45, 7) is 9.50. The molecule has 44 heavy (non-hydrogen) atoms. The van der Waals surface area contributed by atoms with Crippen molar-refractivity contribution in [2.75, 3.05) is 52.6 Å². The largest absolute Gasteiger partial charge is 0.480 e. The molecule has 12 heteroatoms. The van der Waals surface area contributed by atoms with Crippen molar-refractivity contribution in [3.63, 3.8) is 0 Å². The van der Waals surface area contributed by atoms with Gasteiger partial charge in [-0.05, 0) is 71.0 Å². The van der Waals surface area contributed by atoms with Crippen LogP contribution in [0.4, 0.5) is 15.8 Å². The van der Waals surface area contributed by atoms with Gasteiger partial charge in [0.15, 0.2) is 5.82 Å². The lowest BCUT2D eigenvalue weighted by Gasteiger charge is -2.44. The van der Waals surface area contributed by atoms with Crippen molar-refractivity contribution in [1.82, 2.24) is 14.8 Å². The molecule has 1 aliphatic carbocycles. The van der Waals surface area contributed by atoms with Crippen LogP contribution in [0.5, 0.6) is 5.88 Å². The number of anilines is 1. The maximum absolute atomic E-state index is 16.9. The minimum Gasteiger partial charge on any atom is -0.480 e. The van der Waals surface area contributed by atoms with Crippen LogP contribution in [0.1, 0.15) is 57.4 Å². The van der Waals surface area contributed by atoms with Gasteiger partial charge >= 0.3 is 0 Å². The summed E-state index contributed by atoms with van der Waals surface area (Å²) in [7, 11) is 3.66. The van der Waals surface area contributed by atoms with Crippen molar-refractivity contribution in [3.8, 4) is 5.88 Å². The number of hydrogen-bond acceptors (Lipinski definition) is 10. The van der Waals surface area contributed by atoms with E-state index in [4.69, 9.17) is 21.1 Å². The molecule has 1 aromatic carbocycles. The number of aromatic nitrogens is 1.